The number of aliphatic hydroxyl groups is 4. The van der Waals surface area contributed by atoms with E-state index in [-0.39, 0.29) is 0 Å². The van der Waals surface area contributed by atoms with Crippen LogP contribution in [0.2, 0.25) is 0 Å². The summed E-state index contributed by atoms with van der Waals surface area (Å²) in [5.74, 6) is -0.605. The van der Waals surface area contributed by atoms with Gasteiger partial charge in [-0.15, -0.1) is 0 Å². The number of nitrogens with one attached hydrogen (secondary N) is 1. The number of allylic oxidation sites excluding steroid dienone is 6. The second-order valence-corrected chi connectivity index (χ2v) is 13.3. The summed E-state index contributed by atoms with van der Waals surface area (Å²) >= 11 is 0. The van der Waals surface area contributed by atoms with E-state index in [1.807, 2.05) is 0 Å². The zero-order chi connectivity index (χ0) is 33.9. The Morgan fingerprint density at radius 2 is 0.913 bits per heavy atom. The molecule has 0 aromatic heterocycles. The monoisotopic (exact) mass is 650 g/mol. The molecule has 6 nitrogen and oxygen atoms in total. The predicted molar refractivity (Wildman–Crippen MR) is 196 cm³/mol. The van der Waals surface area contributed by atoms with E-state index in [0.717, 1.165) is 51.4 Å². The first kappa shape index (κ1) is 44.5. The highest BCUT2D eigenvalue weighted by Gasteiger charge is 2.28. The fourth-order valence-corrected chi connectivity index (χ4v) is 5.65. The van der Waals surface area contributed by atoms with Crippen LogP contribution >= 0.6 is 0 Å². The minimum absolute atomic E-state index is 0.352. The number of rotatable bonds is 34. The molecule has 0 bridgehead atoms. The smallest absolute Gasteiger partial charge is 0.249 e. The molecule has 0 radical (unpaired) electrons. The fourth-order valence-electron chi connectivity index (χ4n) is 5.65. The molecule has 0 aliphatic heterocycles. The molecule has 0 saturated heterocycles. The minimum Gasteiger partial charge on any atom is -0.394 e. The maximum atomic E-state index is 12.4. The van der Waals surface area contributed by atoms with E-state index in [2.05, 4.69) is 55.6 Å². The summed E-state index contributed by atoms with van der Waals surface area (Å²) in [4.78, 5) is 12.4. The maximum Gasteiger partial charge on any atom is 0.249 e. The van der Waals surface area contributed by atoms with Gasteiger partial charge in [0.2, 0.25) is 5.91 Å². The van der Waals surface area contributed by atoms with E-state index < -0.39 is 36.9 Å². The van der Waals surface area contributed by atoms with Gasteiger partial charge >= 0.3 is 0 Å². The van der Waals surface area contributed by atoms with Crippen molar-refractivity contribution in [2.24, 2.45) is 0 Å². The van der Waals surface area contributed by atoms with Crippen molar-refractivity contribution >= 4 is 5.91 Å². The molecule has 0 aliphatic rings. The second kappa shape index (κ2) is 34.9. The fraction of sp³-hybridized carbons (Fsp3) is 0.825. The molecule has 0 rings (SSSR count). The number of aliphatic hydroxyl groups excluding tert-OH is 4. The van der Waals surface area contributed by atoms with E-state index in [0.29, 0.717) is 19.3 Å². The molecule has 0 fully saturated rings. The van der Waals surface area contributed by atoms with Gasteiger partial charge in [0.25, 0.3) is 0 Å². The van der Waals surface area contributed by atoms with Crippen LogP contribution in [0.4, 0.5) is 0 Å². The van der Waals surface area contributed by atoms with Gasteiger partial charge in [-0.3, -0.25) is 4.79 Å². The number of carbonyl (C=O) groups is 1. The standard InChI is InChI=1S/C40H75NO5/c1-3-5-7-9-11-13-15-17-19-20-22-24-26-28-30-32-34-38(44)40(46)41-36(35-42)39(45)37(43)33-31-29-27-25-23-21-18-16-14-12-10-8-6-4-2/h16-19,25,27,36-39,42-45H,3-15,20-24,26,28-35H2,1-2H3,(H,41,46)/b18-16+,19-17-,27-25+. The van der Waals surface area contributed by atoms with Gasteiger partial charge in [-0.2, -0.15) is 0 Å². The molecular weight excluding hydrogens is 574 g/mol. The summed E-state index contributed by atoms with van der Waals surface area (Å²) < 4.78 is 0. The van der Waals surface area contributed by atoms with Crippen molar-refractivity contribution in [1.82, 2.24) is 5.32 Å². The summed E-state index contributed by atoms with van der Waals surface area (Å²) in [6, 6.07) is -1.01. The van der Waals surface area contributed by atoms with Gasteiger partial charge in [-0.25, -0.2) is 0 Å². The quantitative estimate of drug-likeness (QED) is 0.0352. The Balaban J connectivity index is 3.88. The number of amides is 1. The molecule has 46 heavy (non-hydrogen) atoms. The highest BCUT2D eigenvalue weighted by Crippen LogP contribution is 2.13. The van der Waals surface area contributed by atoms with Crippen molar-refractivity contribution in [3.63, 3.8) is 0 Å². The van der Waals surface area contributed by atoms with E-state index in [9.17, 15) is 25.2 Å². The van der Waals surface area contributed by atoms with Crippen molar-refractivity contribution in [1.29, 1.82) is 0 Å². The SMILES string of the molecule is CCCCCCC/C=C/CC/C=C/CCCC(O)C(O)C(CO)NC(=O)C(O)CCCCCCCC/C=C\CCCCCCCC. The Bertz CT molecular complexity index is 737. The van der Waals surface area contributed by atoms with Gasteiger partial charge in [0.15, 0.2) is 0 Å². The van der Waals surface area contributed by atoms with Gasteiger partial charge in [-0.1, -0.05) is 140 Å². The van der Waals surface area contributed by atoms with Crippen LogP contribution in [0.15, 0.2) is 36.5 Å². The summed E-state index contributed by atoms with van der Waals surface area (Å²) in [5, 5.41) is 43.4. The molecule has 0 spiro atoms. The van der Waals surface area contributed by atoms with Crippen LogP contribution in [0.1, 0.15) is 181 Å². The van der Waals surface area contributed by atoms with Crippen LogP contribution in [0.3, 0.4) is 0 Å². The third-order valence-electron chi connectivity index (χ3n) is 8.80. The highest BCUT2D eigenvalue weighted by atomic mass is 16.3. The van der Waals surface area contributed by atoms with E-state index >= 15 is 0 Å². The predicted octanol–water partition coefficient (Wildman–Crippen LogP) is 9.40. The molecule has 0 heterocycles. The maximum absolute atomic E-state index is 12.4. The first-order valence-electron chi connectivity index (χ1n) is 19.4. The number of hydrogen-bond acceptors (Lipinski definition) is 5. The van der Waals surface area contributed by atoms with Crippen LogP contribution < -0.4 is 5.32 Å². The van der Waals surface area contributed by atoms with Crippen molar-refractivity contribution in [2.45, 2.75) is 205 Å². The van der Waals surface area contributed by atoms with E-state index in [1.54, 1.807) is 0 Å². The lowest BCUT2D eigenvalue weighted by molar-refractivity contribution is -0.132. The van der Waals surface area contributed by atoms with Gasteiger partial charge < -0.3 is 25.7 Å². The lowest BCUT2D eigenvalue weighted by Crippen LogP contribution is -2.53. The zero-order valence-electron chi connectivity index (χ0n) is 30.1. The molecule has 0 aromatic carbocycles. The molecule has 4 atom stereocenters. The van der Waals surface area contributed by atoms with Crippen LogP contribution in [0.5, 0.6) is 0 Å². The summed E-state index contributed by atoms with van der Waals surface area (Å²) in [7, 11) is 0. The van der Waals surface area contributed by atoms with Crippen LogP contribution in [0, 0.1) is 0 Å². The average molecular weight is 650 g/mol. The Labute approximate surface area is 284 Å². The van der Waals surface area contributed by atoms with E-state index in [4.69, 9.17) is 0 Å². The molecule has 6 heteroatoms. The first-order valence-corrected chi connectivity index (χ1v) is 19.4. The number of unbranched alkanes of at least 4 members (excludes halogenated alkanes) is 19. The molecule has 4 unspecified atom stereocenters. The van der Waals surface area contributed by atoms with Gasteiger partial charge in [0, 0.05) is 0 Å². The van der Waals surface area contributed by atoms with Gasteiger partial charge in [-0.05, 0) is 77.0 Å². The zero-order valence-corrected chi connectivity index (χ0v) is 30.1. The Hall–Kier alpha value is -1.47. The lowest BCUT2D eigenvalue weighted by Gasteiger charge is -2.27. The Morgan fingerprint density at radius 3 is 1.37 bits per heavy atom. The highest BCUT2D eigenvalue weighted by molar-refractivity contribution is 5.80. The molecule has 1 amide bonds. The van der Waals surface area contributed by atoms with Gasteiger partial charge in [0.05, 0.1) is 18.8 Å². The van der Waals surface area contributed by atoms with Crippen molar-refractivity contribution in [3.8, 4) is 0 Å². The van der Waals surface area contributed by atoms with Crippen molar-refractivity contribution < 1.29 is 25.2 Å². The lowest BCUT2D eigenvalue weighted by atomic mass is 10.00. The number of hydrogen-bond donors (Lipinski definition) is 5. The van der Waals surface area contributed by atoms with Crippen molar-refractivity contribution in [3.05, 3.63) is 36.5 Å². The first-order chi connectivity index (χ1) is 22.5. The topological polar surface area (TPSA) is 110 Å². The second-order valence-electron chi connectivity index (χ2n) is 13.3. The normalized spacial score (nSPS) is 14.8. The molecule has 0 aliphatic carbocycles. The number of carbonyl (C=O) groups excluding carboxylic acids is 1. The summed E-state index contributed by atoms with van der Waals surface area (Å²) in [6.07, 6.45) is 38.8. The largest absolute Gasteiger partial charge is 0.394 e. The molecule has 0 aromatic rings. The van der Waals surface area contributed by atoms with Crippen LogP contribution in [0.25, 0.3) is 0 Å². The van der Waals surface area contributed by atoms with Gasteiger partial charge in [0.1, 0.15) is 12.2 Å². The third kappa shape index (κ3) is 28.7. The van der Waals surface area contributed by atoms with Crippen molar-refractivity contribution in [2.75, 3.05) is 6.61 Å². The Kier molecular flexibility index (Phi) is 33.7. The average Bonchev–Trinajstić information content (AvgIpc) is 3.06. The molecule has 0 saturated carbocycles. The summed E-state index contributed by atoms with van der Waals surface area (Å²) in [5.41, 5.74) is 0. The summed E-state index contributed by atoms with van der Waals surface area (Å²) in [6.45, 7) is 3.99. The third-order valence-corrected chi connectivity index (χ3v) is 8.80. The Morgan fingerprint density at radius 1 is 0.522 bits per heavy atom. The molecule has 5 N–H and O–H groups in total. The minimum atomic E-state index is -1.29. The molecular formula is C40H75NO5. The molecule has 270 valence electrons. The van der Waals surface area contributed by atoms with Crippen LogP contribution in [-0.2, 0) is 4.79 Å². The van der Waals surface area contributed by atoms with E-state index in [1.165, 1.54) is 96.3 Å². The van der Waals surface area contributed by atoms with Crippen LogP contribution in [-0.4, -0.2) is 57.3 Å².